The predicted octanol–water partition coefficient (Wildman–Crippen LogP) is 3.20. The Morgan fingerprint density at radius 3 is 2.68 bits per heavy atom. The number of carbonyl (C=O) groups is 2. The first-order chi connectivity index (χ1) is 13.7. The minimum atomic E-state index is -0.230. The monoisotopic (exact) mass is 381 g/mol. The van der Waals surface area contributed by atoms with Crippen molar-refractivity contribution in [2.24, 2.45) is 5.92 Å². The molecule has 0 spiro atoms. The molecular formula is C22H23NO5. The van der Waals surface area contributed by atoms with Gasteiger partial charge in [0, 0.05) is 24.6 Å². The number of piperidine rings is 1. The number of nitrogens with zero attached hydrogens (tertiary/aromatic N) is 1. The van der Waals surface area contributed by atoms with Gasteiger partial charge in [0.1, 0.15) is 19.0 Å². The molecule has 2 aliphatic heterocycles. The van der Waals surface area contributed by atoms with E-state index in [1.165, 1.54) is 0 Å². The van der Waals surface area contributed by atoms with E-state index in [-0.39, 0.29) is 17.6 Å². The van der Waals surface area contributed by atoms with Crippen molar-refractivity contribution in [3.8, 4) is 17.2 Å². The van der Waals surface area contributed by atoms with Crippen molar-refractivity contribution < 1.29 is 23.8 Å². The fourth-order valence-electron chi connectivity index (χ4n) is 3.80. The standard InChI is InChI=1S/C22H23NO5/c1-26-18-7-3-2-6-17(18)21(24)16-5-4-10-23(14-16)22(25)15-8-9-19-20(13-15)28-12-11-27-19/h2-3,6-9,13,16H,4-5,10-12,14H2,1H3/t16-/m0/s1. The number of para-hydroxylation sites is 1. The van der Waals surface area contributed by atoms with Crippen molar-refractivity contribution in [1.82, 2.24) is 4.90 Å². The summed E-state index contributed by atoms with van der Waals surface area (Å²) in [5.41, 5.74) is 1.12. The van der Waals surface area contributed by atoms with Crippen molar-refractivity contribution in [2.75, 3.05) is 33.4 Å². The van der Waals surface area contributed by atoms with Gasteiger partial charge in [-0.25, -0.2) is 0 Å². The second-order valence-electron chi connectivity index (χ2n) is 7.01. The first-order valence-electron chi connectivity index (χ1n) is 9.53. The van der Waals surface area contributed by atoms with E-state index >= 15 is 0 Å². The summed E-state index contributed by atoms with van der Waals surface area (Å²) in [5.74, 6) is 1.53. The number of rotatable bonds is 4. The first kappa shape index (κ1) is 18.3. The maximum atomic E-state index is 13.0. The van der Waals surface area contributed by atoms with Gasteiger partial charge in [-0.2, -0.15) is 0 Å². The molecule has 0 unspecified atom stereocenters. The fourth-order valence-corrected chi connectivity index (χ4v) is 3.80. The number of ether oxygens (including phenoxy) is 3. The highest BCUT2D eigenvalue weighted by atomic mass is 16.6. The van der Waals surface area contributed by atoms with Crippen molar-refractivity contribution in [2.45, 2.75) is 12.8 Å². The third-order valence-electron chi connectivity index (χ3n) is 5.24. The Bertz CT molecular complexity index is 894. The van der Waals surface area contributed by atoms with Gasteiger partial charge in [0.15, 0.2) is 17.3 Å². The van der Waals surface area contributed by atoms with E-state index in [1.54, 1.807) is 42.3 Å². The van der Waals surface area contributed by atoms with Gasteiger partial charge in [-0.05, 0) is 43.2 Å². The number of amides is 1. The second-order valence-corrected chi connectivity index (χ2v) is 7.01. The van der Waals surface area contributed by atoms with Crippen LogP contribution >= 0.6 is 0 Å². The predicted molar refractivity (Wildman–Crippen MR) is 103 cm³/mol. The molecule has 1 saturated heterocycles. The van der Waals surface area contributed by atoms with E-state index < -0.39 is 0 Å². The second kappa shape index (κ2) is 7.92. The summed E-state index contributed by atoms with van der Waals surface area (Å²) in [6.45, 7) is 2.04. The Morgan fingerprint density at radius 1 is 1.07 bits per heavy atom. The van der Waals surface area contributed by atoms with Gasteiger partial charge in [0.05, 0.1) is 12.7 Å². The number of Topliss-reactive ketones (excluding diaryl/α,β-unsaturated/α-hetero) is 1. The lowest BCUT2D eigenvalue weighted by Crippen LogP contribution is -2.42. The van der Waals surface area contributed by atoms with Crippen molar-refractivity contribution in [3.63, 3.8) is 0 Å². The molecule has 4 rings (SSSR count). The van der Waals surface area contributed by atoms with E-state index in [0.29, 0.717) is 54.7 Å². The van der Waals surface area contributed by atoms with Crippen LogP contribution in [0.15, 0.2) is 42.5 Å². The van der Waals surface area contributed by atoms with Gasteiger partial charge < -0.3 is 19.1 Å². The molecule has 0 N–H and O–H groups in total. The molecular weight excluding hydrogens is 358 g/mol. The van der Waals surface area contributed by atoms with Gasteiger partial charge >= 0.3 is 0 Å². The SMILES string of the molecule is COc1ccccc1C(=O)[C@H]1CCCN(C(=O)c2ccc3c(c2)OCCO3)C1. The Labute approximate surface area is 164 Å². The first-order valence-corrected chi connectivity index (χ1v) is 9.53. The average Bonchev–Trinajstić information content (AvgIpc) is 2.77. The Kier molecular flexibility index (Phi) is 5.19. The van der Waals surface area contributed by atoms with Crippen molar-refractivity contribution in [3.05, 3.63) is 53.6 Å². The average molecular weight is 381 g/mol. The van der Waals surface area contributed by atoms with Crippen LogP contribution < -0.4 is 14.2 Å². The van der Waals surface area contributed by atoms with E-state index in [4.69, 9.17) is 14.2 Å². The minimum absolute atomic E-state index is 0.0251. The molecule has 2 aliphatic rings. The molecule has 0 aromatic heterocycles. The smallest absolute Gasteiger partial charge is 0.254 e. The molecule has 1 fully saturated rings. The molecule has 28 heavy (non-hydrogen) atoms. The van der Waals surface area contributed by atoms with Crippen LogP contribution in [-0.4, -0.2) is 50.0 Å². The maximum absolute atomic E-state index is 13.0. The van der Waals surface area contributed by atoms with Crippen LogP contribution in [0.25, 0.3) is 0 Å². The number of benzene rings is 2. The van der Waals surface area contributed by atoms with Crippen LogP contribution in [0.5, 0.6) is 17.2 Å². The molecule has 0 aliphatic carbocycles. The fraction of sp³-hybridized carbons (Fsp3) is 0.364. The van der Waals surface area contributed by atoms with Crippen LogP contribution in [-0.2, 0) is 0 Å². The molecule has 0 saturated carbocycles. The van der Waals surface area contributed by atoms with Crippen LogP contribution in [0.1, 0.15) is 33.6 Å². The summed E-state index contributed by atoms with van der Waals surface area (Å²) in [6.07, 6.45) is 1.56. The van der Waals surface area contributed by atoms with Gasteiger partial charge in [-0.15, -0.1) is 0 Å². The van der Waals surface area contributed by atoms with Crippen molar-refractivity contribution >= 4 is 11.7 Å². The molecule has 0 radical (unpaired) electrons. The minimum Gasteiger partial charge on any atom is -0.496 e. The lowest BCUT2D eigenvalue weighted by Gasteiger charge is -2.32. The number of ketones is 1. The number of hydrogen-bond acceptors (Lipinski definition) is 5. The normalized spacial score (nSPS) is 18.5. The van der Waals surface area contributed by atoms with Gasteiger partial charge in [-0.1, -0.05) is 12.1 Å². The Morgan fingerprint density at radius 2 is 1.86 bits per heavy atom. The zero-order valence-electron chi connectivity index (χ0n) is 15.8. The topological polar surface area (TPSA) is 65.1 Å². The number of hydrogen-bond donors (Lipinski definition) is 0. The zero-order valence-corrected chi connectivity index (χ0v) is 15.8. The highest BCUT2D eigenvalue weighted by Gasteiger charge is 2.31. The molecule has 2 heterocycles. The zero-order chi connectivity index (χ0) is 19.5. The summed E-state index contributed by atoms with van der Waals surface area (Å²) < 4.78 is 16.4. The Hall–Kier alpha value is -3.02. The summed E-state index contributed by atoms with van der Waals surface area (Å²) in [5, 5.41) is 0. The molecule has 146 valence electrons. The molecule has 6 heteroatoms. The number of methoxy groups -OCH3 is 1. The van der Waals surface area contributed by atoms with E-state index in [0.717, 1.165) is 12.8 Å². The molecule has 1 amide bonds. The van der Waals surface area contributed by atoms with Gasteiger partial charge in [0.25, 0.3) is 5.91 Å². The maximum Gasteiger partial charge on any atom is 0.254 e. The summed E-state index contributed by atoms with van der Waals surface area (Å²) in [6, 6.07) is 12.5. The van der Waals surface area contributed by atoms with Crippen LogP contribution in [0, 0.1) is 5.92 Å². The van der Waals surface area contributed by atoms with Gasteiger partial charge in [-0.3, -0.25) is 9.59 Å². The summed E-state index contributed by atoms with van der Waals surface area (Å²) in [7, 11) is 1.56. The van der Waals surface area contributed by atoms with E-state index in [1.807, 2.05) is 12.1 Å². The number of carbonyl (C=O) groups excluding carboxylic acids is 2. The van der Waals surface area contributed by atoms with Crippen molar-refractivity contribution in [1.29, 1.82) is 0 Å². The highest BCUT2D eigenvalue weighted by Crippen LogP contribution is 2.32. The van der Waals surface area contributed by atoms with Crippen LogP contribution in [0.4, 0.5) is 0 Å². The quantitative estimate of drug-likeness (QED) is 0.761. The molecule has 0 bridgehead atoms. The Balaban J connectivity index is 1.50. The third-order valence-corrected chi connectivity index (χ3v) is 5.24. The molecule has 2 aromatic carbocycles. The number of likely N-dealkylation sites (tertiary alicyclic amines) is 1. The lowest BCUT2D eigenvalue weighted by molar-refractivity contribution is 0.0635. The van der Waals surface area contributed by atoms with Crippen LogP contribution in [0.2, 0.25) is 0 Å². The van der Waals surface area contributed by atoms with Gasteiger partial charge in [0.2, 0.25) is 0 Å². The van der Waals surface area contributed by atoms with E-state index in [2.05, 4.69) is 0 Å². The molecule has 1 atom stereocenters. The summed E-state index contributed by atoms with van der Waals surface area (Å²) >= 11 is 0. The largest absolute Gasteiger partial charge is 0.496 e. The third kappa shape index (κ3) is 3.54. The molecule has 2 aromatic rings. The highest BCUT2D eigenvalue weighted by molar-refractivity contribution is 6.01. The molecule has 6 nitrogen and oxygen atoms in total. The lowest BCUT2D eigenvalue weighted by atomic mass is 9.89. The summed E-state index contributed by atoms with van der Waals surface area (Å²) in [4.78, 5) is 27.8. The van der Waals surface area contributed by atoms with Crippen LogP contribution in [0.3, 0.4) is 0 Å². The van der Waals surface area contributed by atoms with E-state index in [9.17, 15) is 9.59 Å². The number of fused-ring (bicyclic) bond motifs is 1.